The minimum absolute atomic E-state index is 0.296. The van der Waals surface area contributed by atoms with Crippen LogP contribution in [0, 0.1) is 11.8 Å². The number of benzene rings is 1. The van der Waals surface area contributed by atoms with E-state index in [1.165, 1.54) is 58.8 Å². The van der Waals surface area contributed by atoms with Crippen molar-refractivity contribution in [2.75, 3.05) is 70.8 Å². The van der Waals surface area contributed by atoms with Gasteiger partial charge in [0.05, 0.1) is 23.9 Å². The van der Waals surface area contributed by atoms with Gasteiger partial charge in [-0.15, -0.1) is 0 Å². The van der Waals surface area contributed by atoms with Crippen LogP contribution in [0.3, 0.4) is 0 Å². The predicted octanol–water partition coefficient (Wildman–Crippen LogP) is 3.92. The van der Waals surface area contributed by atoms with E-state index in [1.54, 1.807) is 0 Å². The third-order valence-corrected chi connectivity index (χ3v) is 6.55. The fourth-order valence-corrected chi connectivity index (χ4v) is 4.80. The van der Waals surface area contributed by atoms with Gasteiger partial charge in [0.1, 0.15) is 0 Å². The number of carbonyl (C=O) groups is 2. The zero-order chi connectivity index (χ0) is 28.6. The highest BCUT2D eigenvalue weighted by atomic mass is 16.4. The number of anilines is 1. The Morgan fingerprint density at radius 2 is 1.46 bits per heavy atom. The Kier molecular flexibility index (Phi) is 14.9. The van der Waals surface area contributed by atoms with Crippen LogP contribution >= 0.6 is 0 Å². The molecule has 0 unspecified atom stereocenters. The van der Waals surface area contributed by atoms with E-state index in [-0.39, 0.29) is 12.8 Å². The molecule has 1 aromatic heterocycles. The number of nitrogens with zero attached hydrogens (tertiary/aromatic N) is 4. The van der Waals surface area contributed by atoms with E-state index in [2.05, 4.69) is 63.7 Å². The van der Waals surface area contributed by atoms with Gasteiger partial charge in [0.25, 0.3) is 0 Å². The molecule has 0 amide bonds. The summed E-state index contributed by atoms with van der Waals surface area (Å²) in [6.07, 6.45) is 1.85. The molecule has 2 heterocycles. The van der Waals surface area contributed by atoms with Crippen LogP contribution in [0.4, 0.5) is 5.95 Å². The van der Waals surface area contributed by atoms with E-state index in [0.29, 0.717) is 0 Å². The largest absolute Gasteiger partial charge is 0.481 e. The van der Waals surface area contributed by atoms with Gasteiger partial charge in [0.2, 0.25) is 5.95 Å². The molecule has 0 radical (unpaired) electrons. The lowest BCUT2D eigenvalue weighted by atomic mass is 10.1. The number of hydrogen-bond acceptors (Lipinski definition) is 7. The highest BCUT2D eigenvalue weighted by Gasteiger charge is 2.17. The number of aliphatic carboxylic acids is 2. The predicted molar refractivity (Wildman–Crippen MR) is 157 cm³/mol. The minimum Gasteiger partial charge on any atom is -0.481 e. The third-order valence-electron chi connectivity index (χ3n) is 6.55. The van der Waals surface area contributed by atoms with E-state index in [4.69, 9.17) is 10.2 Å². The highest BCUT2D eigenvalue weighted by molar-refractivity contribution is 5.77. The van der Waals surface area contributed by atoms with Gasteiger partial charge in [-0.25, -0.2) is 4.98 Å². The summed E-state index contributed by atoms with van der Waals surface area (Å²) in [7, 11) is 0. The van der Waals surface area contributed by atoms with Crippen molar-refractivity contribution >= 4 is 28.9 Å². The maximum Gasteiger partial charge on any atom is 0.303 e. The molecule has 10 heteroatoms. The molecule has 1 aliphatic rings. The first kappa shape index (κ1) is 32.5. The van der Waals surface area contributed by atoms with E-state index in [1.807, 2.05) is 18.2 Å². The van der Waals surface area contributed by atoms with Gasteiger partial charge in [-0.2, -0.15) is 0 Å². The Morgan fingerprint density at radius 3 is 1.97 bits per heavy atom. The number of fused-ring (bicyclic) bond motifs is 1. The van der Waals surface area contributed by atoms with Crippen LogP contribution in [0.2, 0.25) is 0 Å². The molecular formula is C29H50N6O4. The van der Waals surface area contributed by atoms with Gasteiger partial charge in [0, 0.05) is 45.8 Å². The molecule has 0 saturated carbocycles. The Balaban J connectivity index is 0.000000580. The van der Waals surface area contributed by atoms with Crippen LogP contribution in [0.25, 0.3) is 11.0 Å². The van der Waals surface area contributed by atoms with E-state index in [9.17, 15) is 9.59 Å². The molecule has 10 nitrogen and oxygen atoms in total. The average Bonchev–Trinajstić information content (AvgIpc) is 3.29. The van der Waals surface area contributed by atoms with Crippen molar-refractivity contribution in [2.24, 2.45) is 11.8 Å². The van der Waals surface area contributed by atoms with Crippen molar-refractivity contribution in [1.82, 2.24) is 24.7 Å². The van der Waals surface area contributed by atoms with Crippen molar-refractivity contribution < 1.29 is 19.8 Å². The molecule has 2 aromatic rings. The van der Waals surface area contributed by atoms with Crippen molar-refractivity contribution in [2.45, 2.75) is 53.4 Å². The zero-order valence-corrected chi connectivity index (χ0v) is 24.4. The number of piperazine rings is 1. The summed E-state index contributed by atoms with van der Waals surface area (Å²) >= 11 is 0. The number of para-hydroxylation sites is 2. The summed E-state index contributed by atoms with van der Waals surface area (Å²) < 4.78 is 0. The lowest BCUT2D eigenvalue weighted by Gasteiger charge is -2.35. The first-order chi connectivity index (χ1) is 18.6. The second-order valence-corrected chi connectivity index (χ2v) is 11.3. The van der Waals surface area contributed by atoms with Crippen LogP contribution in [0.1, 0.15) is 53.4 Å². The minimum atomic E-state index is -1.08. The molecule has 1 fully saturated rings. The number of H-pyrrole nitrogens is 1. The number of carboxylic acid groups (broad SMARTS) is 2. The topological polar surface area (TPSA) is 125 Å². The second-order valence-electron chi connectivity index (χ2n) is 11.3. The Morgan fingerprint density at radius 1 is 0.923 bits per heavy atom. The van der Waals surface area contributed by atoms with Crippen LogP contribution in [-0.2, 0) is 9.59 Å². The maximum absolute atomic E-state index is 9.64. The third kappa shape index (κ3) is 14.3. The zero-order valence-electron chi connectivity index (χ0n) is 24.4. The number of nitrogens with one attached hydrogen (secondary N) is 2. The Labute approximate surface area is 233 Å². The summed E-state index contributed by atoms with van der Waals surface area (Å²) in [5, 5.41) is 19.2. The number of carboxylic acids is 2. The maximum atomic E-state index is 9.64. The molecule has 3 rings (SSSR count). The monoisotopic (exact) mass is 546 g/mol. The Bertz CT molecular complexity index is 915. The normalized spacial score (nSPS) is 14.6. The number of aromatic amines is 1. The molecule has 39 heavy (non-hydrogen) atoms. The van der Waals surface area contributed by atoms with Crippen molar-refractivity contribution in [3.8, 4) is 0 Å². The lowest BCUT2D eigenvalue weighted by Crippen LogP contribution is -2.47. The van der Waals surface area contributed by atoms with Gasteiger partial charge in [-0.1, -0.05) is 39.8 Å². The summed E-state index contributed by atoms with van der Waals surface area (Å²) in [5.41, 5.74) is 2.12. The highest BCUT2D eigenvalue weighted by Crippen LogP contribution is 2.13. The first-order valence-electron chi connectivity index (χ1n) is 14.4. The molecule has 0 atom stereocenters. The fraction of sp³-hybridized carbons (Fsp3) is 0.690. The SMILES string of the molecule is CC(C)CN(CCCN1CCN(CCCNc2nc3ccccc3[nH]2)CC1)CC(C)C.O=C(O)CCC(=O)O. The van der Waals surface area contributed by atoms with Crippen LogP contribution in [0.15, 0.2) is 24.3 Å². The van der Waals surface area contributed by atoms with E-state index < -0.39 is 11.9 Å². The molecule has 0 spiro atoms. The number of imidazole rings is 1. The van der Waals surface area contributed by atoms with Crippen LogP contribution in [-0.4, -0.2) is 112 Å². The van der Waals surface area contributed by atoms with Crippen molar-refractivity contribution in [3.63, 3.8) is 0 Å². The van der Waals surface area contributed by atoms with Gasteiger partial charge >= 0.3 is 11.9 Å². The Hall–Kier alpha value is -2.69. The summed E-state index contributed by atoms with van der Waals surface area (Å²) in [6, 6.07) is 8.18. The molecule has 1 saturated heterocycles. The molecule has 220 valence electrons. The summed E-state index contributed by atoms with van der Waals surface area (Å²) in [5.74, 6) is 0.238. The standard InChI is InChI=1S/C25H44N6.C4H6O4/c1-21(2)19-31(20-22(3)4)14-8-13-30-17-15-29(16-18-30)12-7-11-26-25-27-23-9-5-6-10-24(23)28-25;5-3(6)1-2-4(7)8/h5-6,9-10,21-22H,7-8,11-20H2,1-4H3,(H2,26,27,28);1-2H2,(H,5,6)(H,7,8). The molecular weight excluding hydrogens is 496 g/mol. The smallest absolute Gasteiger partial charge is 0.303 e. The fourth-order valence-electron chi connectivity index (χ4n) is 4.80. The van der Waals surface area contributed by atoms with Crippen LogP contribution < -0.4 is 5.32 Å². The molecule has 1 aromatic carbocycles. The van der Waals surface area contributed by atoms with Crippen LogP contribution in [0.5, 0.6) is 0 Å². The van der Waals surface area contributed by atoms with Gasteiger partial charge < -0.3 is 35.2 Å². The number of aromatic nitrogens is 2. The molecule has 1 aliphatic heterocycles. The average molecular weight is 547 g/mol. The molecule has 0 aliphatic carbocycles. The quantitative estimate of drug-likeness (QED) is 0.232. The first-order valence-corrected chi connectivity index (χ1v) is 14.4. The summed E-state index contributed by atoms with van der Waals surface area (Å²) in [6.45, 7) is 21.2. The summed E-state index contributed by atoms with van der Waals surface area (Å²) in [4.78, 5) is 35.1. The van der Waals surface area contributed by atoms with Gasteiger partial charge in [-0.05, 0) is 56.4 Å². The van der Waals surface area contributed by atoms with Gasteiger partial charge in [-0.3, -0.25) is 9.59 Å². The lowest BCUT2D eigenvalue weighted by molar-refractivity contribution is -0.143. The number of rotatable bonds is 16. The molecule has 0 bridgehead atoms. The number of hydrogen-bond donors (Lipinski definition) is 4. The second kappa shape index (κ2) is 17.8. The van der Waals surface area contributed by atoms with Crippen molar-refractivity contribution in [3.05, 3.63) is 24.3 Å². The van der Waals surface area contributed by atoms with Crippen molar-refractivity contribution in [1.29, 1.82) is 0 Å². The molecule has 4 N–H and O–H groups in total. The van der Waals surface area contributed by atoms with E-state index in [0.717, 1.165) is 48.3 Å². The van der Waals surface area contributed by atoms with E-state index >= 15 is 0 Å². The van der Waals surface area contributed by atoms with Gasteiger partial charge in [0.15, 0.2) is 0 Å².